The molecular weight excluding hydrogens is 260 g/mol. The second-order valence-corrected chi connectivity index (χ2v) is 3.89. The molecule has 4 heteroatoms. The van der Waals surface area contributed by atoms with E-state index in [-0.39, 0.29) is 1.43 Å². The fraction of sp³-hybridized carbons (Fsp3) is 0.235. The summed E-state index contributed by atoms with van der Waals surface area (Å²) in [6, 6.07) is 7.67. The first-order valence-corrected chi connectivity index (χ1v) is 6.95. The van der Waals surface area contributed by atoms with E-state index in [4.69, 9.17) is 6.58 Å². The number of allylic oxidation sites excluding steroid dienone is 2. The van der Waals surface area contributed by atoms with Crippen LogP contribution in [0, 0.1) is 6.58 Å². The number of hydrogen-bond donors (Lipinski definition) is 1. The number of aliphatic imine (C=N–C) groups is 1. The minimum atomic E-state index is 0. The van der Waals surface area contributed by atoms with Crippen LogP contribution >= 0.6 is 0 Å². The van der Waals surface area contributed by atoms with E-state index in [0.717, 1.165) is 11.0 Å². The van der Waals surface area contributed by atoms with Gasteiger partial charge < -0.3 is 5.32 Å². The van der Waals surface area contributed by atoms with Gasteiger partial charge in [0.25, 0.3) is 0 Å². The smallest absolute Gasteiger partial charge is 0.149 e. The summed E-state index contributed by atoms with van der Waals surface area (Å²) in [4.78, 5) is 12.8. The van der Waals surface area contributed by atoms with Gasteiger partial charge in [-0.2, -0.15) is 0 Å². The van der Waals surface area contributed by atoms with Gasteiger partial charge in [0.05, 0.1) is 28.6 Å². The molecule has 0 aliphatic heterocycles. The predicted octanol–water partition coefficient (Wildman–Crippen LogP) is 4.28. The zero-order valence-corrected chi connectivity index (χ0v) is 13.0. The van der Waals surface area contributed by atoms with Crippen molar-refractivity contribution in [2.24, 2.45) is 4.99 Å². The van der Waals surface area contributed by atoms with Gasteiger partial charge in [0.1, 0.15) is 5.82 Å². The van der Waals surface area contributed by atoms with Crippen LogP contribution in [-0.2, 0) is 0 Å². The third-order valence-corrected chi connectivity index (χ3v) is 2.55. The summed E-state index contributed by atoms with van der Waals surface area (Å²) < 4.78 is 0. The first-order chi connectivity index (χ1) is 10.2. The molecule has 2 rings (SSSR count). The number of aromatic nitrogens is 2. The Morgan fingerprint density at radius 3 is 2.57 bits per heavy atom. The fourth-order valence-corrected chi connectivity index (χ4v) is 1.66. The highest BCUT2D eigenvalue weighted by Crippen LogP contribution is 2.13. The topological polar surface area (TPSA) is 50.2 Å². The van der Waals surface area contributed by atoms with Crippen molar-refractivity contribution in [3.8, 4) is 0 Å². The highest BCUT2D eigenvalue weighted by molar-refractivity contribution is 6.09. The Morgan fingerprint density at radius 1 is 1.29 bits per heavy atom. The average Bonchev–Trinajstić information content (AvgIpc) is 2.54. The third kappa shape index (κ3) is 4.53. The molecule has 0 saturated heterocycles. The van der Waals surface area contributed by atoms with Crippen LogP contribution < -0.4 is 5.32 Å². The number of hydrogen-bond acceptors (Lipinski definition) is 4. The van der Waals surface area contributed by atoms with Gasteiger partial charge in [-0.25, -0.2) is 4.98 Å². The molecule has 1 aromatic carbocycles. The van der Waals surface area contributed by atoms with Crippen LogP contribution in [0.3, 0.4) is 0 Å². The summed E-state index contributed by atoms with van der Waals surface area (Å²) in [7, 11) is 1.69. The van der Waals surface area contributed by atoms with Crippen LogP contribution in [0.2, 0.25) is 0 Å². The maximum absolute atomic E-state index is 5.95. The Balaban J connectivity index is 0.00000141. The minimum absolute atomic E-state index is 0. The van der Waals surface area contributed by atoms with Crippen LogP contribution in [0.25, 0.3) is 11.0 Å². The summed E-state index contributed by atoms with van der Waals surface area (Å²) in [5.41, 5.74) is 2.80. The van der Waals surface area contributed by atoms with E-state index in [9.17, 15) is 0 Å². The molecule has 0 unspecified atom stereocenters. The molecule has 21 heavy (non-hydrogen) atoms. The van der Waals surface area contributed by atoms with Gasteiger partial charge in [-0.1, -0.05) is 32.1 Å². The van der Waals surface area contributed by atoms with Crippen molar-refractivity contribution in [3.05, 3.63) is 54.9 Å². The van der Waals surface area contributed by atoms with Gasteiger partial charge in [-0.05, 0) is 31.7 Å². The van der Waals surface area contributed by atoms with Crippen molar-refractivity contribution in [2.45, 2.75) is 20.8 Å². The lowest BCUT2D eigenvalue weighted by atomic mass is 10.2. The summed E-state index contributed by atoms with van der Waals surface area (Å²) in [6.45, 7) is 11.9. The largest absolute Gasteiger partial charge is 0.337 e. The molecule has 111 valence electrons. The molecule has 2 aromatic rings. The SMILES string of the molecule is CC.[CH]=C(Nc1cnc2ccccc2n1)C(/C=C\C)=NC.[HH]. The average molecular weight is 283 g/mol. The molecule has 0 aliphatic rings. The zero-order chi connectivity index (χ0) is 15.7. The number of anilines is 1. The molecule has 0 spiro atoms. The molecule has 1 N–H and O–H groups in total. The van der Waals surface area contributed by atoms with E-state index in [1.165, 1.54) is 0 Å². The second-order valence-electron chi connectivity index (χ2n) is 3.89. The number of benzene rings is 1. The molecule has 0 saturated carbocycles. The fourth-order valence-electron chi connectivity index (χ4n) is 1.66. The van der Waals surface area contributed by atoms with Crippen LogP contribution in [0.15, 0.2) is 53.3 Å². The lowest BCUT2D eigenvalue weighted by Gasteiger charge is -2.08. The van der Waals surface area contributed by atoms with Gasteiger partial charge in [0.2, 0.25) is 0 Å². The molecule has 0 aliphatic carbocycles. The molecule has 0 amide bonds. The van der Waals surface area contributed by atoms with E-state index in [1.54, 1.807) is 13.2 Å². The Labute approximate surface area is 127 Å². The number of nitrogens with zero attached hydrogens (tertiary/aromatic N) is 3. The van der Waals surface area contributed by atoms with Crippen molar-refractivity contribution in [3.63, 3.8) is 0 Å². The quantitative estimate of drug-likeness (QED) is 0.852. The summed E-state index contributed by atoms with van der Waals surface area (Å²) in [5, 5.41) is 3.01. The number of fused-ring (bicyclic) bond motifs is 1. The molecule has 1 aromatic heterocycles. The van der Waals surface area contributed by atoms with E-state index in [1.807, 2.05) is 57.2 Å². The normalized spacial score (nSPS) is 11.1. The number of rotatable bonds is 4. The molecule has 4 nitrogen and oxygen atoms in total. The van der Waals surface area contributed by atoms with Crippen molar-refractivity contribution in [1.29, 1.82) is 0 Å². The molecule has 1 heterocycles. The van der Waals surface area contributed by atoms with Gasteiger partial charge >= 0.3 is 0 Å². The van der Waals surface area contributed by atoms with Crippen molar-refractivity contribution < 1.29 is 1.43 Å². The van der Waals surface area contributed by atoms with E-state index in [0.29, 0.717) is 17.2 Å². The van der Waals surface area contributed by atoms with Crippen molar-refractivity contribution in [1.82, 2.24) is 9.97 Å². The Kier molecular flexibility index (Phi) is 6.81. The highest BCUT2D eigenvalue weighted by atomic mass is 15.0. The lowest BCUT2D eigenvalue weighted by molar-refractivity contribution is 1.27. The number of nitrogens with one attached hydrogen (secondary N) is 1. The van der Waals surface area contributed by atoms with Gasteiger partial charge in [0, 0.05) is 8.47 Å². The summed E-state index contributed by atoms with van der Waals surface area (Å²) in [6.07, 6.45) is 5.36. The van der Waals surface area contributed by atoms with E-state index >= 15 is 0 Å². The molecule has 1 radical (unpaired) electrons. The zero-order valence-electron chi connectivity index (χ0n) is 13.0. The summed E-state index contributed by atoms with van der Waals surface area (Å²) >= 11 is 0. The van der Waals surface area contributed by atoms with Crippen molar-refractivity contribution >= 4 is 22.6 Å². The highest BCUT2D eigenvalue weighted by Gasteiger charge is 2.03. The minimum Gasteiger partial charge on any atom is -0.337 e. The Bertz CT molecular complexity index is 663. The standard InChI is InChI=1S/C15H15N4.C2H6.H2/c1-4-7-12(16-3)11(2)18-15-10-17-13-8-5-6-9-14(13)19-15;1-2;/h2,4-10H,1,3H3,(H,18,19);1-2H3;1H/b7-4-,11-2?,16-12?;;. The Morgan fingerprint density at radius 2 is 1.95 bits per heavy atom. The predicted molar refractivity (Wildman–Crippen MR) is 92.6 cm³/mol. The molecule has 0 fully saturated rings. The van der Waals surface area contributed by atoms with Crippen LogP contribution in [0.5, 0.6) is 0 Å². The molecular formula is C17H23N4. The third-order valence-electron chi connectivity index (χ3n) is 2.55. The molecule has 0 bridgehead atoms. The first-order valence-electron chi connectivity index (χ1n) is 6.95. The van der Waals surface area contributed by atoms with E-state index in [2.05, 4.69) is 20.3 Å². The Hall–Kier alpha value is -2.49. The van der Waals surface area contributed by atoms with Gasteiger partial charge in [-0.15, -0.1) is 0 Å². The number of para-hydroxylation sites is 2. The summed E-state index contributed by atoms with van der Waals surface area (Å²) in [5.74, 6) is 0.599. The molecule has 0 atom stereocenters. The second kappa shape index (κ2) is 8.64. The monoisotopic (exact) mass is 283 g/mol. The van der Waals surface area contributed by atoms with E-state index < -0.39 is 0 Å². The maximum atomic E-state index is 5.95. The van der Waals surface area contributed by atoms with Gasteiger partial charge in [-0.3, -0.25) is 9.98 Å². The first kappa shape index (κ1) is 16.6. The maximum Gasteiger partial charge on any atom is 0.149 e. The lowest BCUT2D eigenvalue weighted by Crippen LogP contribution is -2.09. The van der Waals surface area contributed by atoms with Crippen molar-refractivity contribution in [2.75, 3.05) is 12.4 Å². The van der Waals surface area contributed by atoms with Crippen LogP contribution in [0.4, 0.5) is 5.82 Å². The van der Waals surface area contributed by atoms with Crippen LogP contribution in [0.1, 0.15) is 22.2 Å². The van der Waals surface area contributed by atoms with Gasteiger partial charge in [0.15, 0.2) is 0 Å². The van der Waals surface area contributed by atoms with Crippen LogP contribution in [-0.4, -0.2) is 22.7 Å².